The second-order valence-electron chi connectivity index (χ2n) is 12.1. The number of ketones is 1. The number of carbonyl (C=O) groups excluding carboxylic acids is 1. The molecule has 0 amide bonds. The van der Waals surface area contributed by atoms with Crippen LogP contribution in [0.1, 0.15) is 32.6 Å². The van der Waals surface area contributed by atoms with E-state index < -0.39 is 0 Å². The third-order valence-corrected chi connectivity index (χ3v) is 8.66. The zero-order valence-corrected chi connectivity index (χ0v) is 27.1. The largest absolute Gasteiger partial charge is 0.488 e. The molecule has 0 aliphatic heterocycles. The van der Waals surface area contributed by atoms with Crippen LogP contribution in [-0.4, -0.2) is 47.1 Å². The molecular weight excluding hydrogens is 598 g/mol. The van der Waals surface area contributed by atoms with E-state index in [2.05, 4.69) is 41.5 Å². The number of hydrogen-bond donors (Lipinski definition) is 2. The Hall–Kier alpha value is -5.44. The number of fused-ring (bicyclic) bond motifs is 2. The van der Waals surface area contributed by atoms with Crippen LogP contribution in [0.3, 0.4) is 0 Å². The summed E-state index contributed by atoms with van der Waals surface area (Å²) in [5.74, 6) is 0.958. The molecule has 1 aromatic heterocycles. The number of nitrogens with zero attached hydrogens (tertiary/aromatic N) is 3. The van der Waals surface area contributed by atoms with Gasteiger partial charge in [-0.05, 0) is 48.0 Å². The third kappa shape index (κ3) is 6.40. The lowest BCUT2D eigenvalue weighted by atomic mass is 9.85. The molecule has 3 N–H and O–H groups in total. The van der Waals surface area contributed by atoms with Gasteiger partial charge < -0.3 is 25.4 Å². The van der Waals surface area contributed by atoms with Gasteiger partial charge in [0.2, 0.25) is 0 Å². The highest BCUT2D eigenvalue weighted by Gasteiger charge is 2.36. The van der Waals surface area contributed by atoms with Gasteiger partial charge in [0.1, 0.15) is 30.4 Å². The third-order valence-electron chi connectivity index (χ3n) is 8.66. The molecule has 242 valence electrons. The maximum absolute atomic E-state index is 14.8. The number of anilines is 1. The summed E-state index contributed by atoms with van der Waals surface area (Å²) in [6.45, 7) is 3.89. The molecule has 1 heterocycles. The summed E-state index contributed by atoms with van der Waals surface area (Å²) in [6, 6.07) is 38.1. The van der Waals surface area contributed by atoms with Crippen LogP contribution in [-0.2, 0) is 26.3 Å². The van der Waals surface area contributed by atoms with Gasteiger partial charge in [-0.1, -0.05) is 91.0 Å². The van der Waals surface area contributed by atoms with Crippen LogP contribution in [0.15, 0.2) is 115 Å². The fourth-order valence-electron chi connectivity index (χ4n) is 6.34. The molecular formula is C40H39N5O3. The standard InChI is InChI=1S/C40H39N5O3/c1-44(25-28-11-5-2-6-12-28)24-22-42-31-17-18-32-36-35(31)40(46)38-34(48-27-30-15-9-4-10-16-30)20-19-33(47-26-29-13-7-3-8-14-29)37(38)39(36)43-45(32)23-21-41/h2-20,42H,21-27,41H2,1H3. The van der Waals surface area contributed by atoms with E-state index in [0.717, 1.165) is 40.8 Å². The second-order valence-corrected chi connectivity index (χ2v) is 12.1. The highest BCUT2D eigenvalue weighted by molar-refractivity contribution is 6.29. The predicted molar refractivity (Wildman–Crippen MR) is 190 cm³/mol. The molecule has 0 saturated carbocycles. The Morgan fingerprint density at radius 1 is 0.729 bits per heavy atom. The lowest BCUT2D eigenvalue weighted by Gasteiger charge is -2.24. The molecule has 0 spiro atoms. The summed E-state index contributed by atoms with van der Waals surface area (Å²) in [6.07, 6.45) is 0. The second kappa shape index (κ2) is 14.1. The van der Waals surface area contributed by atoms with Crippen molar-refractivity contribution in [1.82, 2.24) is 14.7 Å². The summed E-state index contributed by atoms with van der Waals surface area (Å²) in [4.78, 5) is 17.1. The Balaban J connectivity index is 1.28. The maximum atomic E-state index is 14.8. The van der Waals surface area contributed by atoms with Crippen molar-refractivity contribution in [2.45, 2.75) is 26.3 Å². The molecule has 0 atom stereocenters. The first kappa shape index (κ1) is 31.2. The highest BCUT2D eigenvalue weighted by atomic mass is 16.5. The molecule has 7 rings (SSSR count). The molecule has 6 aromatic rings. The first-order valence-corrected chi connectivity index (χ1v) is 16.4. The van der Waals surface area contributed by atoms with Gasteiger partial charge in [-0.3, -0.25) is 9.48 Å². The first-order valence-electron chi connectivity index (χ1n) is 16.4. The lowest BCUT2D eigenvalue weighted by molar-refractivity contribution is 0.103. The average Bonchev–Trinajstić information content (AvgIpc) is 3.48. The number of carbonyl (C=O) groups is 1. The minimum absolute atomic E-state index is 0.122. The smallest absolute Gasteiger partial charge is 0.200 e. The van der Waals surface area contributed by atoms with Crippen LogP contribution in [0.25, 0.3) is 22.2 Å². The van der Waals surface area contributed by atoms with E-state index in [1.807, 2.05) is 95.7 Å². The van der Waals surface area contributed by atoms with E-state index in [1.165, 1.54) is 5.56 Å². The van der Waals surface area contributed by atoms with Gasteiger partial charge in [0.05, 0.1) is 28.8 Å². The quantitative estimate of drug-likeness (QED) is 0.134. The van der Waals surface area contributed by atoms with Crippen LogP contribution in [0.2, 0.25) is 0 Å². The molecule has 5 aromatic carbocycles. The monoisotopic (exact) mass is 637 g/mol. The van der Waals surface area contributed by atoms with Gasteiger partial charge in [0, 0.05) is 37.3 Å². The van der Waals surface area contributed by atoms with Crippen molar-refractivity contribution in [2.75, 3.05) is 32.0 Å². The topological polar surface area (TPSA) is 94.6 Å². The van der Waals surface area contributed by atoms with Crippen LogP contribution in [0, 0.1) is 0 Å². The SMILES string of the molecule is CN(CCNc1ccc2c3c(nn2CCN)-c2c(OCc4ccccc4)ccc(OCc4ccccc4)c2C(=O)c13)Cc1ccccc1. The van der Waals surface area contributed by atoms with Gasteiger partial charge in [0.15, 0.2) is 5.78 Å². The Morgan fingerprint density at radius 2 is 1.31 bits per heavy atom. The number of aromatic nitrogens is 2. The number of ether oxygens (including phenoxy) is 2. The van der Waals surface area contributed by atoms with Gasteiger partial charge in [-0.25, -0.2) is 0 Å². The minimum atomic E-state index is -0.122. The molecule has 0 fully saturated rings. The van der Waals surface area contributed by atoms with Gasteiger partial charge in [-0.2, -0.15) is 5.10 Å². The number of likely N-dealkylation sites (N-methyl/N-ethyl adjacent to an activating group) is 1. The normalized spacial score (nSPS) is 11.9. The van der Waals surface area contributed by atoms with Crippen molar-refractivity contribution in [1.29, 1.82) is 0 Å². The summed E-state index contributed by atoms with van der Waals surface area (Å²) in [7, 11) is 2.10. The fraction of sp³-hybridized carbons (Fsp3) is 0.200. The van der Waals surface area contributed by atoms with Crippen LogP contribution >= 0.6 is 0 Å². The molecule has 48 heavy (non-hydrogen) atoms. The Kier molecular flexibility index (Phi) is 9.18. The van der Waals surface area contributed by atoms with Crippen LogP contribution in [0.4, 0.5) is 5.69 Å². The van der Waals surface area contributed by atoms with Crippen molar-refractivity contribution < 1.29 is 14.3 Å². The molecule has 0 saturated heterocycles. The lowest BCUT2D eigenvalue weighted by Crippen LogP contribution is -2.25. The van der Waals surface area contributed by atoms with E-state index in [9.17, 15) is 4.79 Å². The van der Waals surface area contributed by atoms with E-state index in [-0.39, 0.29) is 5.78 Å². The first-order chi connectivity index (χ1) is 23.6. The van der Waals surface area contributed by atoms with Gasteiger partial charge >= 0.3 is 0 Å². The average molecular weight is 638 g/mol. The fourth-order valence-corrected chi connectivity index (χ4v) is 6.34. The van der Waals surface area contributed by atoms with Crippen molar-refractivity contribution in [3.63, 3.8) is 0 Å². The Bertz CT molecular complexity index is 2030. The van der Waals surface area contributed by atoms with Gasteiger partial charge in [0.25, 0.3) is 0 Å². The van der Waals surface area contributed by atoms with Crippen LogP contribution < -0.4 is 20.5 Å². The number of benzene rings is 5. The number of rotatable bonds is 14. The van der Waals surface area contributed by atoms with Crippen molar-refractivity contribution in [3.8, 4) is 22.8 Å². The van der Waals surface area contributed by atoms with E-state index >= 15 is 0 Å². The molecule has 0 bridgehead atoms. The zero-order valence-electron chi connectivity index (χ0n) is 27.1. The van der Waals surface area contributed by atoms with Crippen molar-refractivity contribution in [2.24, 2.45) is 5.73 Å². The number of hydrogen-bond acceptors (Lipinski definition) is 7. The molecule has 8 heteroatoms. The summed E-state index contributed by atoms with van der Waals surface area (Å²) < 4.78 is 14.7. The van der Waals surface area contributed by atoms with E-state index in [0.29, 0.717) is 66.7 Å². The summed E-state index contributed by atoms with van der Waals surface area (Å²) in [5.41, 5.74) is 13.3. The zero-order chi connectivity index (χ0) is 32.9. The van der Waals surface area contributed by atoms with E-state index in [4.69, 9.17) is 20.3 Å². The molecule has 1 aliphatic rings. The number of nitrogens with one attached hydrogen (secondary N) is 1. The minimum Gasteiger partial charge on any atom is -0.488 e. The summed E-state index contributed by atoms with van der Waals surface area (Å²) >= 11 is 0. The van der Waals surface area contributed by atoms with Crippen molar-refractivity contribution in [3.05, 3.63) is 143 Å². The molecule has 8 nitrogen and oxygen atoms in total. The summed E-state index contributed by atoms with van der Waals surface area (Å²) in [5, 5.41) is 9.45. The van der Waals surface area contributed by atoms with Gasteiger partial charge in [-0.15, -0.1) is 0 Å². The molecule has 0 unspecified atom stereocenters. The molecule has 0 radical (unpaired) electrons. The predicted octanol–water partition coefficient (Wildman–Crippen LogP) is 6.91. The molecule has 1 aliphatic carbocycles. The Labute approximate surface area is 280 Å². The Morgan fingerprint density at radius 3 is 1.92 bits per heavy atom. The van der Waals surface area contributed by atoms with E-state index in [1.54, 1.807) is 0 Å². The van der Waals surface area contributed by atoms with Crippen molar-refractivity contribution >= 4 is 22.4 Å². The maximum Gasteiger partial charge on any atom is 0.200 e. The number of nitrogens with two attached hydrogens (primary N) is 1. The van der Waals surface area contributed by atoms with Crippen LogP contribution in [0.5, 0.6) is 11.5 Å². The highest BCUT2D eigenvalue weighted by Crippen LogP contribution is 2.49.